The summed E-state index contributed by atoms with van der Waals surface area (Å²) in [5, 5.41) is 3.40. The second kappa shape index (κ2) is 6.92. The normalized spacial score (nSPS) is 11.0. The summed E-state index contributed by atoms with van der Waals surface area (Å²) < 4.78 is 3.07. The maximum absolute atomic E-state index is 5.93. The van der Waals surface area contributed by atoms with Gasteiger partial charge in [0.2, 0.25) is 0 Å². The number of nitrogens with zero attached hydrogens (tertiary/aromatic N) is 2. The zero-order valence-corrected chi connectivity index (χ0v) is 12.1. The van der Waals surface area contributed by atoms with Crippen molar-refractivity contribution < 1.29 is 0 Å². The average Bonchev–Trinajstić information content (AvgIpc) is 2.96. The van der Waals surface area contributed by atoms with Crippen molar-refractivity contribution in [2.45, 2.75) is 32.9 Å². The number of hydrogen-bond acceptors (Lipinski definition) is 3. The van der Waals surface area contributed by atoms with Crippen molar-refractivity contribution in [1.29, 1.82) is 0 Å². The van der Waals surface area contributed by atoms with Crippen LogP contribution in [0.4, 0.5) is 0 Å². The van der Waals surface area contributed by atoms with Gasteiger partial charge in [0.15, 0.2) is 0 Å². The van der Waals surface area contributed by atoms with E-state index in [1.807, 2.05) is 18.6 Å². The molecule has 0 aliphatic heterocycles. The third kappa shape index (κ3) is 3.83. The lowest BCUT2D eigenvalue weighted by Gasteiger charge is -2.08. The van der Waals surface area contributed by atoms with Gasteiger partial charge in [-0.25, -0.2) is 4.98 Å². The van der Waals surface area contributed by atoms with Crippen molar-refractivity contribution in [2.75, 3.05) is 6.54 Å². The number of hydrogen-bond donors (Lipinski definition) is 1. The SMILES string of the molecule is CCCNCc1cncn1CCc1ccc(Cl)s1. The Morgan fingerprint density at radius 1 is 1.44 bits per heavy atom. The monoisotopic (exact) mass is 283 g/mol. The van der Waals surface area contributed by atoms with Crippen LogP contribution >= 0.6 is 22.9 Å². The predicted molar refractivity (Wildman–Crippen MR) is 77.3 cm³/mol. The Morgan fingerprint density at radius 2 is 2.33 bits per heavy atom. The molecule has 0 radical (unpaired) electrons. The molecule has 0 aromatic carbocycles. The van der Waals surface area contributed by atoms with E-state index in [1.165, 1.54) is 10.6 Å². The maximum Gasteiger partial charge on any atom is 0.0948 e. The summed E-state index contributed by atoms with van der Waals surface area (Å²) in [6, 6.07) is 4.05. The molecule has 0 saturated heterocycles. The second-order valence-electron chi connectivity index (χ2n) is 4.21. The van der Waals surface area contributed by atoms with Gasteiger partial charge in [0.1, 0.15) is 0 Å². The Bertz CT molecular complexity index is 478. The summed E-state index contributed by atoms with van der Waals surface area (Å²) in [7, 11) is 0. The van der Waals surface area contributed by atoms with E-state index in [0.29, 0.717) is 0 Å². The van der Waals surface area contributed by atoms with Crippen molar-refractivity contribution in [1.82, 2.24) is 14.9 Å². The van der Waals surface area contributed by atoms with E-state index in [0.717, 1.165) is 36.8 Å². The van der Waals surface area contributed by atoms with Crippen molar-refractivity contribution in [3.8, 4) is 0 Å². The fraction of sp³-hybridized carbons (Fsp3) is 0.462. The van der Waals surface area contributed by atoms with E-state index in [4.69, 9.17) is 11.6 Å². The third-order valence-corrected chi connectivity index (χ3v) is 4.05. The van der Waals surface area contributed by atoms with Gasteiger partial charge in [-0.2, -0.15) is 0 Å². The van der Waals surface area contributed by atoms with Gasteiger partial charge in [-0.1, -0.05) is 18.5 Å². The molecule has 0 amide bonds. The number of aryl methyl sites for hydroxylation is 2. The van der Waals surface area contributed by atoms with Crippen LogP contribution in [-0.2, 0) is 19.5 Å². The van der Waals surface area contributed by atoms with Crippen molar-refractivity contribution in [2.24, 2.45) is 0 Å². The number of halogens is 1. The summed E-state index contributed by atoms with van der Waals surface area (Å²) >= 11 is 7.58. The molecule has 2 heterocycles. The minimum atomic E-state index is 0.862. The molecule has 2 rings (SSSR count). The van der Waals surface area contributed by atoms with Crippen LogP contribution in [0.2, 0.25) is 4.34 Å². The van der Waals surface area contributed by atoms with Crippen LogP contribution in [0, 0.1) is 0 Å². The summed E-state index contributed by atoms with van der Waals surface area (Å²) in [6.07, 6.45) is 6.00. The van der Waals surface area contributed by atoms with Crippen LogP contribution in [0.15, 0.2) is 24.7 Å². The van der Waals surface area contributed by atoms with E-state index in [1.54, 1.807) is 11.3 Å². The predicted octanol–water partition coefficient (Wildman–Crippen LogP) is 3.34. The fourth-order valence-electron chi connectivity index (χ4n) is 1.81. The molecular formula is C13H18ClN3S. The number of imidazole rings is 1. The highest BCUT2D eigenvalue weighted by molar-refractivity contribution is 7.16. The van der Waals surface area contributed by atoms with Crippen LogP contribution in [0.1, 0.15) is 23.9 Å². The third-order valence-electron chi connectivity index (χ3n) is 2.76. The lowest BCUT2D eigenvalue weighted by atomic mass is 10.3. The summed E-state index contributed by atoms with van der Waals surface area (Å²) in [4.78, 5) is 5.54. The number of nitrogens with one attached hydrogen (secondary N) is 1. The van der Waals surface area contributed by atoms with Crippen molar-refractivity contribution in [3.05, 3.63) is 39.6 Å². The smallest absolute Gasteiger partial charge is 0.0948 e. The molecule has 0 aliphatic carbocycles. The first-order valence-electron chi connectivity index (χ1n) is 6.23. The summed E-state index contributed by atoms with van der Waals surface area (Å²) in [5.74, 6) is 0. The molecule has 0 aliphatic rings. The first-order valence-corrected chi connectivity index (χ1v) is 7.43. The minimum Gasteiger partial charge on any atom is -0.333 e. The van der Waals surface area contributed by atoms with Crippen LogP contribution in [0.5, 0.6) is 0 Å². The van der Waals surface area contributed by atoms with Gasteiger partial charge < -0.3 is 9.88 Å². The first kappa shape index (κ1) is 13.6. The standard InChI is InChI=1S/C13H18ClN3S/c1-2-6-15-8-11-9-16-10-17(11)7-5-12-3-4-13(14)18-12/h3-4,9-10,15H,2,5-8H2,1H3. The molecule has 2 aromatic heterocycles. The van der Waals surface area contributed by atoms with Gasteiger partial charge in [-0.3, -0.25) is 0 Å². The van der Waals surface area contributed by atoms with Gasteiger partial charge in [-0.05, 0) is 31.5 Å². The van der Waals surface area contributed by atoms with Gasteiger partial charge in [0.05, 0.1) is 16.4 Å². The molecule has 0 saturated carbocycles. The largest absolute Gasteiger partial charge is 0.333 e. The zero-order chi connectivity index (χ0) is 12.8. The molecule has 0 atom stereocenters. The van der Waals surface area contributed by atoms with E-state index >= 15 is 0 Å². The van der Waals surface area contributed by atoms with Gasteiger partial charge in [-0.15, -0.1) is 11.3 Å². The number of aromatic nitrogens is 2. The molecule has 0 fully saturated rings. The highest BCUT2D eigenvalue weighted by atomic mass is 35.5. The van der Waals surface area contributed by atoms with Crippen molar-refractivity contribution >= 4 is 22.9 Å². The molecule has 0 spiro atoms. The lowest BCUT2D eigenvalue weighted by Crippen LogP contribution is -2.17. The lowest BCUT2D eigenvalue weighted by molar-refractivity contribution is 0.606. The van der Waals surface area contributed by atoms with E-state index < -0.39 is 0 Å². The van der Waals surface area contributed by atoms with Gasteiger partial charge in [0, 0.05) is 24.2 Å². The molecule has 0 unspecified atom stereocenters. The Kier molecular flexibility index (Phi) is 5.23. The fourth-order valence-corrected chi connectivity index (χ4v) is 2.88. The highest BCUT2D eigenvalue weighted by Crippen LogP contribution is 2.22. The van der Waals surface area contributed by atoms with Crippen LogP contribution < -0.4 is 5.32 Å². The Hall–Kier alpha value is -0.840. The molecular weight excluding hydrogens is 266 g/mol. The number of thiophene rings is 1. The van der Waals surface area contributed by atoms with E-state index in [9.17, 15) is 0 Å². The summed E-state index contributed by atoms with van der Waals surface area (Å²) in [5.41, 5.74) is 1.24. The average molecular weight is 284 g/mol. The van der Waals surface area contributed by atoms with Gasteiger partial charge in [0.25, 0.3) is 0 Å². The van der Waals surface area contributed by atoms with E-state index in [-0.39, 0.29) is 0 Å². The molecule has 3 nitrogen and oxygen atoms in total. The maximum atomic E-state index is 5.93. The first-order chi connectivity index (χ1) is 8.79. The van der Waals surface area contributed by atoms with Crippen LogP contribution in [0.3, 0.4) is 0 Å². The van der Waals surface area contributed by atoms with Gasteiger partial charge >= 0.3 is 0 Å². The molecule has 2 aromatic rings. The zero-order valence-electron chi connectivity index (χ0n) is 10.5. The molecule has 5 heteroatoms. The van der Waals surface area contributed by atoms with Crippen LogP contribution in [-0.4, -0.2) is 16.1 Å². The van der Waals surface area contributed by atoms with Crippen molar-refractivity contribution in [3.63, 3.8) is 0 Å². The topological polar surface area (TPSA) is 29.9 Å². The Balaban J connectivity index is 1.87. The second-order valence-corrected chi connectivity index (χ2v) is 6.01. The molecule has 0 bridgehead atoms. The molecule has 98 valence electrons. The van der Waals surface area contributed by atoms with Crippen LogP contribution in [0.25, 0.3) is 0 Å². The summed E-state index contributed by atoms with van der Waals surface area (Å²) in [6.45, 7) is 5.07. The minimum absolute atomic E-state index is 0.862. The Morgan fingerprint density at radius 3 is 3.06 bits per heavy atom. The molecule has 18 heavy (non-hydrogen) atoms. The quantitative estimate of drug-likeness (QED) is 0.790. The van der Waals surface area contributed by atoms with E-state index in [2.05, 4.69) is 27.9 Å². The number of rotatable bonds is 7. The highest BCUT2D eigenvalue weighted by Gasteiger charge is 2.03. The Labute approximate surface area is 117 Å². The molecule has 1 N–H and O–H groups in total.